The first-order valence-electron chi connectivity index (χ1n) is 11.4. The van der Waals surface area contributed by atoms with Crippen LogP contribution in [-0.2, 0) is 17.4 Å². The molecule has 0 aromatic rings. The molecule has 1 N–H and O–H groups in total. The van der Waals surface area contributed by atoms with Crippen LogP contribution in [0.15, 0.2) is 22.8 Å². The minimum atomic E-state index is -1.35. The number of nitrogens with one attached hydrogen (secondary N) is 1. The number of hydrogen-bond donors (Lipinski definition) is 1. The van der Waals surface area contributed by atoms with E-state index in [0.717, 1.165) is 6.04 Å². The second-order valence-corrected chi connectivity index (χ2v) is 22.9. The molecule has 0 heterocycles. The molecule has 1 fully saturated rings. The molecule has 0 bridgehead atoms. The van der Waals surface area contributed by atoms with E-state index in [-0.39, 0.29) is 0 Å². The zero-order chi connectivity index (χ0) is 19.2. The number of allylic oxidation sites excluding steroid dienone is 4. The summed E-state index contributed by atoms with van der Waals surface area (Å²) in [4.78, 5) is 0. The van der Waals surface area contributed by atoms with Gasteiger partial charge in [-0.15, -0.1) is 0 Å². The number of rotatable bonds is 4. The molecule has 1 saturated carbocycles. The van der Waals surface area contributed by atoms with Gasteiger partial charge in [0.25, 0.3) is 0 Å². The summed E-state index contributed by atoms with van der Waals surface area (Å²) in [5.74, 6) is 0. The molecule has 1 unspecified atom stereocenters. The Morgan fingerprint density at radius 3 is 1.73 bits per heavy atom. The minimum absolute atomic E-state index is 0.401. The molecule has 2 rings (SSSR count). The summed E-state index contributed by atoms with van der Waals surface area (Å²) in [6.07, 6.45) is 18.7. The predicted octanol–water partition coefficient (Wildman–Crippen LogP) is 7.24. The summed E-state index contributed by atoms with van der Waals surface area (Å²) in [5.41, 5.74) is 4.81. The van der Waals surface area contributed by atoms with Gasteiger partial charge in [-0.2, -0.15) is 0 Å². The topological polar surface area (TPSA) is 12.0 Å². The quantitative estimate of drug-likeness (QED) is 0.482. The summed E-state index contributed by atoms with van der Waals surface area (Å²) < 4.78 is 4.81. The molecule has 149 valence electrons. The van der Waals surface area contributed by atoms with Crippen LogP contribution in [0.2, 0.25) is 16.8 Å². The van der Waals surface area contributed by atoms with Crippen molar-refractivity contribution in [2.24, 2.45) is 0 Å². The number of hydrogen-bond acceptors (Lipinski definition) is 1. The van der Waals surface area contributed by atoms with Crippen LogP contribution in [0.25, 0.3) is 0 Å². The predicted molar refractivity (Wildman–Crippen MR) is 117 cm³/mol. The van der Waals surface area contributed by atoms with Gasteiger partial charge in [0.1, 0.15) is 0 Å². The SMILES string of the molecule is CC1=C[C](C)([Ti]([NH]C2CCCCCCCCCCC2)[SiH](C)C)C(C)=C1C. The molecule has 1 atom stereocenters. The van der Waals surface area contributed by atoms with E-state index in [1.54, 1.807) is 16.7 Å². The Morgan fingerprint density at radius 2 is 1.35 bits per heavy atom. The Kier molecular flexibility index (Phi) is 9.40. The van der Waals surface area contributed by atoms with E-state index in [0.29, 0.717) is 3.72 Å². The van der Waals surface area contributed by atoms with Crippen LogP contribution in [-0.4, -0.2) is 12.7 Å². The molecule has 0 saturated heterocycles. The van der Waals surface area contributed by atoms with Crippen LogP contribution in [0.3, 0.4) is 0 Å². The first-order valence-corrected chi connectivity index (χ1v) is 18.5. The first kappa shape index (κ1) is 22.7. The molecule has 0 aromatic carbocycles. The average Bonchev–Trinajstić information content (AvgIpc) is 2.77. The fourth-order valence-electron chi connectivity index (χ4n) is 5.06. The van der Waals surface area contributed by atoms with E-state index in [9.17, 15) is 0 Å². The van der Waals surface area contributed by atoms with Crippen molar-refractivity contribution in [3.8, 4) is 0 Å². The van der Waals surface area contributed by atoms with E-state index in [4.69, 9.17) is 0 Å². The summed E-state index contributed by atoms with van der Waals surface area (Å²) in [6.45, 7) is 14.3. The Balaban J connectivity index is 2.09. The third-order valence-electron chi connectivity index (χ3n) is 7.04. The molecule has 0 aromatic heterocycles. The van der Waals surface area contributed by atoms with Gasteiger partial charge < -0.3 is 0 Å². The Hall–Kier alpha value is 0.371. The third-order valence-corrected chi connectivity index (χ3v) is 20.4. The van der Waals surface area contributed by atoms with E-state index >= 15 is 0 Å². The van der Waals surface area contributed by atoms with Crippen LogP contribution < -0.4 is 3.80 Å². The van der Waals surface area contributed by atoms with Gasteiger partial charge in [-0.1, -0.05) is 0 Å². The first-order chi connectivity index (χ1) is 12.4. The van der Waals surface area contributed by atoms with Gasteiger partial charge in [0.15, 0.2) is 0 Å². The fourth-order valence-corrected chi connectivity index (χ4v) is 19.1. The Morgan fingerprint density at radius 1 is 0.885 bits per heavy atom. The molecule has 1 nitrogen and oxygen atoms in total. The van der Waals surface area contributed by atoms with Crippen LogP contribution in [0, 0.1) is 0 Å². The Bertz CT molecular complexity index is 498. The van der Waals surface area contributed by atoms with Crippen LogP contribution in [0.5, 0.6) is 0 Å². The standard InChI is InChI=1S/C12H24N.C9H13.C2H7Si.Ti/c13-12-10-8-6-4-2-1-3-5-7-9-11-12;1-6-5-7(2)9(4)8(6)3;1-3-2;/h12-13H,1-11H2;5H,1-4H3;3H,1-2H3;/q-1;;;+1. The van der Waals surface area contributed by atoms with Crippen LogP contribution >= 0.6 is 0 Å². The van der Waals surface area contributed by atoms with E-state index in [1.165, 1.54) is 70.6 Å². The summed E-state index contributed by atoms with van der Waals surface area (Å²) in [5, 5.41) is 0. The van der Waals surface area contributed by atoms with Gasteiger partial charge in [0.05, 0.1) is 0 Å². The molecule has 2 aliphatic carbocycles. The fraction of sp³-hybridized carbons (Fsp3) is 0.826. The van der Waals surface area contributed by atoms with Crippen molar-refractivity contribution in [1.82, 2.24) is 3.80 Å². The zero-order valence-electron chi connectivity index (χ0n) is 18.5. The Labute approximate surface area is 171 Å². The van der Waals surface area contributed by atoms with Gasteiger partial charge in [-0.25, -0.2) is 0 Å². The maximum absolute atomic E-state index is 4.41. The molecule has 2 aliphatic rings. The summed E-state index contributed by atoms with van der Waals surface area (Å²) in [6, 6.07) is 0.804. The molecule has 0 aliphatic heterocycles. The average molecular weight is 411 g/mol. The van der Waals surface area contributed by atoms with E-state index < -0.39 is 24.0 Å². The second-order valence-electron chi connectivity index (χ2n) is 9.45. The molecule has 0 amide bonds. The van der Waals surface area contributed by atoms with E-state index in [1.807, 2.05) is 0 Å². The molecule has 3 heteroatoms. The van der Waals surface area contributed by atoms with Crippen molar-refractivity contribution in [2.45, 2.75) is 121 Å². The van der Waals surface area contributed by atoms with Crippen LogP contribution in [0.1, 0.15) is 98.3 Å². The molecule has 0 spiro atoms. The van der Waals surface area contributed by atoms with Gasteiger partial charge in [-0.3, -0.25) is 0 Å². The van der Waals surface area contributed by atoms with Gasteiger partial charge in [-0.05, 0) is 0 Å². The molecular formula is C23H44NSiTi. The van der Waals surface area contributed by atoms with E-state index in [2.05, 4.69) is 50.7 Å². The van der Waals surface area contributed by atoms with Crippen molar-refractivity contribution >= 4 is 6.66 Å². The zero-order valence-corrected chi connectivity index (χ0v) is 21.2. The molecule has 26 heavy (non-hydrogen) atoms. The maximum atomic E-state index is 4.41. The third kappa shape index (κ3) is 5.93. The summed E-state index contributed by atoms with van der Waals surface area (Å²) in [7, 11) is 0. The van der Waals surface area contributed by atoms with Crippen LogP contribution in [0.4, 0.5) is 0 Å². The van der Waals surface area contributed by atoms with Gasteiger partial charge in [0.2, 0.25) is 0 Å². The molecular weight excluding hydrogens is 366 g/mol. The second kappa shape index (κ2) is 10.8. The van der Waals surface area contributed by atoms with Crippen molar-refractivity contribution in [3.05, 3.63) is 22.8 Å². The van der Waals surface area contributed by atoms with Crippen molar-refractivity contribution < 1.29 is 17.4 Å². The normalized spacial score (nSPS) is 27.3. The summed E-state index contributed by atoms with van der Waals surface area (Å²) >= 11 is -1.35. The monoisotopic (exact) mass is 410 g/mol. The van der Waals surface area contributed by atoms with Gasteiger partial charge >= 0.3 is 172 Å². The van der Waals surface area contributed by atoms with Crippen molar-refractivity contribution in [2.75, 3.05) is 0 Å². The van der Waals surface area contributed by atoms with Gasteiger partial charge in [0, 0.05) is 0 Å². The van der Waals surface area contributed by atoms with Crippen molar-refractivity contribution in [3.63, 3.8) is 0 Å². The molecule has 0 radical (unpaired) electrons. The van der Waals surface area contributed by atoms with Crippen molar-refractivity contribution in [1.29, 1.82) is 0 Å².